The fraction of sp³-hybridized carbons (Fsp3) is 0.381. The summed E-state index contributed by atoms with van der Waals surface area (Å²) in [6.45, 7) is 8.41. The van der Waals surface area contributed by atoms with Gasteiger partial charge in [-0.1, -0.05) is 38.1 Å². The van der Waals surface area contributed by atoms with Crippen LogP contribution >= 0.6 is 0 Å². The molecule has 5 heteroatoms. The summed E-state index contributed by atoms with van der Waals surface area (Å²) in [6.07, 6.45) is 0. The smallest absolute Gasteiger partial charge is 0.193 e. The number of anilines is 2. The summed E-state index contributed by atoms with van der Waals surface area (Å²) in [7, 11) is 0. The van der Waals surface area contributed by atoms with Crippen LogP contribution in [-0.4, -0.2) is 32.3 Å². The normalized spacial score (nSPS) is 15.3. The number of benzene rings is 2. The van der Waals surface area contributed by atoms with Crippen LogP contribution in [0.3, 0.4) is 0 Å². The van der Waals surface area contributed by atoms with Gasteiger partial charge >= 0.3 is 0 Å². The number of ether oxygens (including phenoxy) is 1. The fourth-order valence-electron chi connectivity index (χ4n) is 2.97. The van der Waals surface area contributed by atoms with E-state index in [4.69, 9.17) is 10.5 Å². The number of nitrogens with two attached hydrogens (primary N) is 1. The molecule has 1 heterocycles. The Morgan fingerprint density at radius 2 is 1.88 bits per heavy atom. The quantitative estimate of drug-likeness (QED) is 0.638. The van der Waals surface area contributed by atoms with Gasteiger partial charge in [0.2, 0.25) is 0 Å². The predicted octanol–water partition coefficient (Wildman–Crippen LogP) is 3.57. The van der Waals surface area contributed by atoms with E-state index < -0.39 is 0 Å². The Morgan fingerprint density at radius 3 is 2.58 bits per heavy atom. The van der Waals surface area contributed by atoms with Crippen molar-refractivity contribution < 1.29 is 4.74 Å². The molecule has 2 aromatic carbocycles. The summed E-state index contributed by atoms with van der Waals surface area (Å²) < 4.78 is 5.40. The number of guanidine groups is 1. The topological polar surface area (TPSA) is 62.9 Å². The van der Waals surface area contributed by atoms with Crippen LogP contribution in [0.5, 0.6) is 0 Å². The van der Waals surface area contributed by atoms with Gasteiger partial charge in [-0.25, -0.2) is 4.99 Å². The number of aliphatic imine (C=N–C) groups is 1. The average Bonchev–Trinajstić information content (AvgIpc) is 2.68. The molecule has 26 heavy (non-hydrogen) atoms. The van der Waals surface area contributed by atoms with Gasteiger partial charge in [0.25, 0.3) is 0 Å². The monoisotopic (exact) mass is 352 g/mol. The van der Waals surface area contributed by atoms with Gasteiger partial charge in [-0.15, -0.1) is 0 Å². The molecule has 0 aromatic heterocycles. The maximum Gasteiger partial charge on any atom is 0.193 e. The second kappa shape index (κ2) is 8.72. The Hall–Kier alpha value is -2.53. The third kappa shape index (κ3) is 4.99. The molecule has 5 nitrogen and oxygen atoms in total. The Labute approximate surface area is 155 Å². The van der Waals surface area contributed by atoms with E-state index in [1.54, 1.807) is 0 Å². The highest BCUT2D eigenvalue weighted by Crippen LogP contribution is 2.19. The summed E-state index contributed by atoms with van der Waals surface area (Å²) in [5.74, 6) is 0.919. The van der Waals surface area contributed by atoms with Gasteiger partial charge < -0.3 is 20.7 Å². The number of nitrogens with one attached hydrogen (secondary N) is 1. The molecule has 0 spiro atoms. The lowest BCUT2D eigenvalue weighted by Crippen LogP contribution is -2.36. The predicted molar refractivity (Wildman–Crippen MR) is 109 cm³/mol. The third-order valence-electron chi connectivity index (χ3n) is 4.57. The summed E-state index contributed by atoms with van der Waals surface area (Å²) in [6, 6.07) is 16.8. The molecule has 0 atom stereocenters. The zero-order valence-corrected chi connectivity index (χ0v) is 15.6. The molecule has 1 aliphatic rings. The second-order valence-electron chi connectivity index (χ2n) is 6.87. The minimum absolute atomic E-state index is 0.433. The van der Waals surface area contributed by atoms with Crippen LogP contribution in [0.2, 0.25) is 0 Å². The van der Waals surface area contributed by atoms with Crippen molar-refractivity contribution in [2.24, 2.45) is 10.7 Å². The van der Waals surface area contributed by atoms with Crippen molar-refractivity contribution in [3.8, 4) is 0 Å². The van der Waals surface area contributed by atoms with Crippen molar-refractivity contribution in [2.75, 3.05) is 36.5 Å². The first-order chi connectivity index (χ1) is 12.6. The molecule has 0 radical (unpaired) electrons. The highest BCUT2D eigenvalue weighted by Gasteiger charge is 2.10. The first-order valence-corrected chi connectivity index (χ1v) is 9.20. The molecular formula is C21H28N4O. The van der Waals surface area contributed by atoms with Gasteiger partial charge in [0, 0.05) is 24.5 Å². The molecule has 1 saturated heterocycles. The maximum atomic E-state index is 6.04. The molecular weight excluding hydrogens is 324 g/mol. The molecule has 0 aliphatic carbocycles. The molecule has 1 aliphatic heterocycles. The Balaban J connectivity index is 1.57. The van der Waals surface area contributed by atoms with Gasteiger partial charge in [-0.05, 0) is 41.3 Å². The van der Waals surface area contributed by atoms with E-state index in [1.165, 1.54) is 11.3 Å². The zero-order chi connectivity index (χ0) is 18.4. The van der Waals surface area contributed by atoms with Crippen molar-refractivity contribution in [3.63, 3.8) is 0 Å². The largest absolute Gasteiger partial charge is 0.378 e. The van der Waals surface area contributed by atoms with E-state index in [0.717, 1.165) is 37.6 Å². The second-order valence-corrected chi connectivity index (χ2v) is 6.87. The fourth-order valence-corrected chi connectivity index (χ4v) is 2.97. The van der Waals surface area contributed by atoms with E-state index in [9.17, 15) is 0 Å². The van der Waals surface area contributed by atoms with Crippen LogP contribution in [0.1, 0.15) is 30.9 Å². The van der Waals surface area contributed by atoms with Crippen LogP contribution in [-0.2, 0) is 11.3 Å². The summed E-state index contributed by atoms with van der Waals surface area (Å²) in [4.78, 5) is 6.80. The van der Waals surface area contributed by atoms with Gasteiger partial charge in [-0.3, -0.25) is 0 Å². The number of nitrogens with zero attached hydrogens (tertiary/aromatic N) is 2. The molecule has 3 N–H and O–H groups in total. The minimum Gasteiger partial charge on any atom is -0.378 e. The first kappa shape index (κ1) is 18.3. The molecule has 3 rings (SSSR count). The van der Waals surface area contributed by atoms with Crippen LogP contribution in [0, 0.1) is 0 Å². The van der Waals surface area contributed by atoms with Crippen LogP contribution in [0.25, 0.3) is 0 Å². The van der Waals surface area contributed by atoms with Gasteiger partial charge in [0.05, 0.1) is 19.8 Å². The van der Waals surface area contributed by atoms with Crippen LogP contribution < -0.4 is 16.0 Å². The van der Waals surface area contributed by atoms with Crippen molar-refractivity contribution >= 4 is 17.3 Å². The standard InChI is InChI=1S/C21H28N4O/c1-16(2)18-4-3-5-19(14-18)24-21(22)23-15-17-6-8-20(9-7-17)25-10-12-26-13-11-25/h3-9,14,16H,10-13,15H2,1-2H3,(H3,22,23,24). The molecule has 1 fully saturated rings. The first-order valence-electron chi connectivity index (χ1n) is 9.20. The van der Waals surface area contributed by atoms with Crippen LogP contribution in [0.15, 0.2) is 53.5 Å². The van der Waals surface area contributed by atoms with E-state index in [2.05, 4.69) is 65.5 Å². The van der Waals surface area contributed by atoms with E-state index in [-0.39, 0.29) is 0 Å². The number of morpholine rings is 1. The minimum atomic E-state index is 0.433. The molecule has 2 aromatic rings. The van der Waals surface area contributed by atoms with Gasteiger partial charge in [-0.2, -0.15) is 0 Å². The lowest BCUT2D eigenvalue weighted by atomic mass is 10.0. The summed E-state index contributed by atoms with van der Waals surface area (Å²) >= 11 is 0. The molecule has 0 bridgehead atoms. The highest BCUT2D eigenvalue weighted by atomic mass is 16.5. The average molecular weight is 352 g/mol. The van der Waals surface area contributed by atoms with E-state index in [0.29, 0.717) is 18.4 Å². The van der Waals surface area contributed by atoms with Crippen molar-refractivity contribution in [3.05, 3.63) is 59.7 Å². The zero-order valence-electron chi connectivity index (χ0n) is 15.6. The SMILES string of the molecule is CC(C)c1cccc(NC(N)=NCc2ccc(N3CCOCC3)cc2)c1. The van der Waals surface area contributed by atoms with Gasteiger partial charge in [0.1, 0.15) is 0 Å². The Morgan fingerprint density at radius 1 is 1.15 bits per heavy atom. The lowest BCUT2D eigenvalue weighted by Gasteiger charge is -2.28. The Kier molecular flexibility index (Phi) is 6.12. The number of rotatable bonds is 5. The van der Waals surface area contributed by atoms with Gasteiger partial charge in [0.15, 0.2) is 5.96 Å². The maximum absolute atomic E-state index is 6.04. The summed E-state index contributed by atoms with van der Waals surface area (Å²) in [5, 5.41) is 3.18. The number of hydrogen-bond donors (Lipinski definition) is 2. The van der Waals surface area contributed by atoms with E-state index >= 15 is 0 Å². The summed E-state index contributed by atoms with van der Waals surface area (Å²) in [5.41, 5.74) is 10.7. The van der Waals surface area contributed by atoms with E-state index in [1.807, 2.05) is 12.1 Å². The highest BCUT2D eigenvalue weighted by molar-refractivity contribution is 5.92. The Bertz CT molecular complexity index is 734. The van der Waals surface area contributed by atoms with Crippen molar-refractivity contribution in [1.82, 2.24) is 0 Å². The third-order valence-corrected chi connectivity index (χ3v) is 4.57. The molecule has 0 saturated carbocycles. The molecule has 0 amide bonds. The molecule has 138 valence electrons. The van der Waals surface area contributed by atoms with Crippen LogP contribution in [0.4, 0.5) is 11.4 Å². The molecule has 0 unspecified atom stereocenters. The van der Waals surface area contributed by atoms with Crippen molar-refractivity contribution in [1.29, 1.82) is 0 Å². The lowest BCUT2D eigenvalue weighted by molar-refractivity contribution is 0.122. The van der Waals surface area contributed by atoms with Crippen molar-refractivity contribution in [2.45, 2.75) is 26.3 Å². The number of hydrogen-bond acceptors (Lipinski definition) is 3.